The Bertz CT molecular complexity index is 870. The van der Waals surface area contributed by atoms with E-state index in [4.69, 9.17) is 14.2 Å². The number of benzene rings is 1. The third kappa shape index (κ3) is 2.26. The number of hydrogen-bond acceptors (Lipinski definition) is 7. The van der Waals surface area contributed by atoms with Crippen molar-refractivity contribution in [1.82, 2.24) is 0 Å². The molecule has 1 unspecified atom stereocenters. The highest BCUT2D eigenvalue weighted by Gasteiger charge is 2.45. The smallest absolute Gasteiger partial charge is 0.355 e. The van der Waals surface area contributed by atoms with Crippen LogP contribution in [0, 0.1) is 5.92 Å². The summed E-state index contributed by atoms with van der Waals surface area (Å²) < 4.78 is 15.6. The maximum Gasteiger partial charge on any atom is 0.355 e. The minimum atomic E-state index is -0.588. The Hall–Kier alpha value is -2.67. The number of thioether (sulfide) groups is 1. The van der Waals surface area contributed by atoms with Gasteiger partial charge in [0.25, 0.3) is 0 Å². The number of esters is 2. The number of allylic oxidation sites excluding steroid dienone is 1. The zero-order valence-electron chi connectivity index (χ0n) is 13.6. The van der Waals surface area contributed by atoms with Crippen molar-refractivity contribution in [2.45, 2.75) is 5.75 Å². The first kappa shape index (κ1) is 15.8. The van der Waals surface area contributed by atoms with Crippen LogP contribution in [-0.2, 0) is 29.6 Å². The van der Waals surface area contributed by atoms with Crippen molar-refractivity contribution in [3.05, 3.63) is 64.2 Å². The van der Waals surface area contributed by atoms with Gasteiger partial charge in [0, 0.05) is 5.75 Å². The van der Waals surface area contributed by atoms with Crippen molar-refractivity contribution in [3.63, 3.8) is 0 Å². The Morgan fingerprint density at radius 2 is 1.96 bits per heavy atom. The average molecular weight is 357 g/mol. The summed E-state index contributed by atoms with van der Waals surface area (Å²) in [6.45, 7) is 0. The fourth-order valence-corrected chi connectivity index (χ4v) is 4.41. The van der Waals surface area contributed by atoms with Crippen molar-refractivity contribution in [2.75, 3.05) is 19.1 Å². The lowest BCUT2D eigenvalue weighted by molar-refractivity contribution is -0.139. The van der Waals surface area contributed by atoms with Crippen molar-refractivity contribution < 1.29 is 23.8 Å². The second-order valence-electron chi connectivity index (χ2n) is 5.59. The molecule has 0 fully saturated rings. The second-order valence-corrected chi connectivity index (χ2v) is 6.56. The van der Waals surface area contributed by atoms with Crippen LogP contribution in [0.4, 0.5) is 5.69 Å². The summed E-state index contributed by atoms with van der Waals surface area (Å²) in [4.78, 5) is 26.9. The number of anilines is 1. The molecular weight excluding hydrogens is 342 g/mol. The third-order valence-corrected chi connectivity index (χ3v) is 5.45. The minimum absolute atomic E-state index is 0.174. The SMILES string of the molecule is COC(=O)C1=C(C(=O)OC)N2C(=C3OC=CC31)SCc1ccccc12. The number of carbonyl (C=O) groups excluding carboxylic acids is 2. The maximum absolute atomic E-state index is 12.6. The summed E-state index contributed by atoms with van der Waals surface area (Å²) in [7, 11) is 2.59. The van der Waals surface area contributed by atoms with Gasteiger partial charge in [-0.2, -0.15) is 0 Å². The fraction of sp³-hybridized carbons (Fsp3) is 0.222. The van der Waals surface area contributed by atoms with E-state index >= 15 is 0 Å². The van der Waals surface area contributed by atoms with Crippen LogP contribution in [0.25, 0.3) is 0 Å². The van der Waals surface area contributed by atoms with Crippen molar-refractivity contribution >= 4 is 29.4 Å². The molecule has 0 saturated heterocycles. The Labute approximate surface area is 148 Å². The Morgan fingerprint density at radius 1 is 1.20 bits per heavy atom. The summed E-state index contributed by atoms with van der Waals surface area (Å²) >= 11 is 1.57. The lowest BCUT2D eigenvalue weighted by atomic mass is 9.92. The van der Waals surface area contributed by atoms with Crippen LogP contribution in [0.15, 0.2) is 58.7 Å². The predicted molar refractivity (Wildman–Crippen MR) is 92.0 cm³/mol. The van der Waals surface area contributed by atoms with Gasteiger partial charge in [0.1, 0.15) is 16.5 Å². The molecule has 0 aliphatic carbocycles. The molecule has 0 aromatic heterocycles. The first-order chi connectivity index (χ1) is 12.2. The van der Waals surface area contributed by atoms with Crippen LogP contribution in [0.1, 0.15) is 5.56 Å². The largest absolute Gasteiger partial charge is 0.466 e. The number of fused-ring (bicyclic) bond motifs is 4. The zero-order chi connectivity index (χ0) is 17.6. The van der Waals surface area contributed by atoms with E-state index in [9.17, 15) is 9.59 Å². The van der Waals surface area contributed by atoms with Crippen LogP contribution in [-0.4, -0.2) is 26.2 Å². The van der Waals surface area contributed by atoms with Gasteiger partial charge in [-0.3, -0.25) is 4.90 Å². The molecule has 0 N–H and O–H groups in total. The van der Waals surface area contributed by atoms with Crippen molar-refractivity contribution in [2.24, 2.45) is 5.92 Å². The van der Waals surface area contributed by atoms with E-state index in [0.717, 1.165) is 22.0 Å². The van der Waals surface area contributed by atoms with E-state index in [0.29, 0.717) is 5.76 Å². The minimum Gasteiger partial charge on any atom is -0.466 e. The molecule has 0 spiro atoms. The third-order valence-electron chi connectivity index (χ3n) is 4.33. The molecule has 1 aromatic rings. The summed E-state index contributed by atoms with van der Waals surface area (Å²) in [5, 5.41) is 0.793. The highest BCUT2D eigenvalue weighted by atomic mass is 32.2. The molecule has 4 rings (SSSR count). The number of para-hydroxylation sites is 1. The molecule has 6 nitrogen and oxygen atoms in total. The van der Waals surface area contributed by atoms with Gasteiger partial charge in [0.2, 0.25) is 0 Å². The molecule has 1 aromatic carbocycles. The highest BCUT2D eigenvalue weighted by molar-refractivity contribution is 8.02. The number of ether oxygens (including phenoxy) is 3. The first-order valence-corrected chi connectivity index (χ1v) is 8.65. The molecule has 25 heavy (non-hydrogen) atoms. The van der Waals surface area contributed by atoms with E-state index < -0.39 is 17.9 Å². The zero-order valence-corrected chi connectivity index (χ0v) is 14.5. The molecule has 3 heterocycles. The van der Waals surface area contributed by atoms with Gasteiger partial charge >= 0.3 is 11.9 Å². The monoisotopic (exact) mass is 357 g/mol. The lowest BCUT2D eigenvalue weighted by Crippen LogP contribution is -2.38. The number of carbonyl (C=O) groups is 2. The van der Waals surface area contributed by atoms with Gasteiger partial charge in [-0.05, 0) is 17.7 Å². The molecule has 128 valence electrons. The standard InChI is InChI=1S/C18H15NO5S/c1-22-17(20)13-11-7-8-24-15(11)16-19(14(13)18(21)23-2)12-6-4-3-5-10(12)9-25-16/h3-8,11H,9H2,1-2H3. The Kier molecular flexibility index (Phi) is 3.80. The van der Waals surface area contributed by atoms with Gasteiger partial charge in [0.15, 0.2) is 0 Å². The van der Waals surface area contributed by atoms with Crippen LogP contribution in [0.3, 0.4) is 0 Å². The first-order valence-electron chi connectivity index (χ1n) is 7.66. The summed E-state index contributed by atoms with van der Waals surface area (Å²) in [6.07, 6.45) is 3.28. The number of nitrogens with zero attached hydrogens (tertiary/aromatic N) is 1. The summed E-state index contributed by atoms with van der Waals surface area (Å²) in [5.74, 6) is -0.235. The molecule has 7 heteroatoms. The van der Waals surface area contributed by atoms with Gasteiger partial charge < -0.3 is 14.2 Å². The molecule has 3 aliphatic heterocycles. The fourth-order valence-electron chi connectivity index (χ4n) is 3.24. The van der Waals surface area contributed by atoms with Gasteiger partial charge in [0.05, 0.1) is 37.7 Å². The second kappa shape index (κ2) is 6.00. The number of hydrogen-bond donors (Lipinski definition) is 0. The highest BCUT2D eigenvalue weighted by Crippen LogP contribution is 2.50. The molecule has 0 radical (unpaired) electrons. The quantitative estimate of drug-likeness (QED) is 0.754. The molecule has 0 saturated carbocycles. The molecular formula is C18H15NO5S. The van der Waals surface area contributed by atoms with E-state index in [1.54, 1.807) is 22.7 Å². The topological polar surface area (TPSA) is 65.1 Å². The molecule has 0 bridgehead atoms. The van der Waals surface area contributed by atoms with E-state index in [2.05, 4.69) is 0 Å². The average Bonchev–Trinajstić information content (AvgIpc) is 3.14. The molecule has 0 amide bonds. The van der Waals surface area contributed by atoms with E-state index in [1.165, 1.54) is 20.5 Å². The molecule has 1 atom stereocenters. The van der Waals surface area contributed by atoms with Crippen LogP contribution >= 0.6 is 11.8 Å². The normalized spacial score (nSPS) is 20.6. The van der Waals surface area contributed by atoms with Crippen LogP contribution < -0.4 is 4.90 Å². The number of rotatable bonds is 2. The van der Waals surface area contributed by atoms with Gasteiger partial charge in [-0.15, -0.1) is 0 Å². The van der Waals surface area contributed by atoms with Crippen molar-refractivity contribution in [3.8, 4) is 0 Å². The van der Waals surface area contributed by atoms with Crippen LogP contribution in [0.2, 0.25) is 0 Å². The lowest BCUT2D eigenvalue weighted by Gasteiger charge is -2.39. The maximum atomic E-state index is 12.6. The summed E-state index contributed by atoms with van der Waals surface area (Å²) in [5.41, 5.74) is 2.29. The predicted octanol–water partition coefficient (Wildman–Crippen LogP) is 2.68. The Balaban J connectivity index is 2.01. The van der Waals surface area contributed by atoms with Gasteiger partial charge in [-0.1, -0.05) is 30.0 Å². The van der Waals surface area contributed by atoms with Gasteiger partial charge in [-0.25, -0.2) is 9.59 Å². The summed E-state index contributed by atoms with van der Waals surface area (Å²) in [6, 6.07) is 7.75. The Morgan fingerprint density at radius 3 is 2.72 bits per heavy atom. The van der Waals surface area contributed by atoms with E-state index in [1.807, 2.05) is 24.3 Å². The number of methoxy groups -OCH3 is 2. The van der Waals surface area contributed by atoms with Crippen molar-refractivity contribution in [1.29, 1.82) is 0 Å². The van der Waals surface area contributed by atoms with Crippen LogP contribution in [0.5, 0.6) is 0 Å². The molecule has 3 aliphatic rings. The van der Waals surface area contributed by atoms with E-state index in [-0.39, 0.29) is 11.3 Å².